The maximum atomic E-state index is 7.08. The summed E-state index contributed by atoms with van der Waals surface area (Å²) in [5, 5.41) is 8.69. The Balaban J connectivity index is 1.75. The van der Waals surface area contributed by atoms with Crippen LogP contribution in [0.1, 0.15) is 65.7 Å². The van der Waals surface area contributed by atoms with Gasteiger partial charge in [0.15, 0.2) is 8.32 Å². The SMILES string of the molecule is CO/N=C1/C=C2CCC3C(C(O[Si](C)(C)C)CC4(C)C(/C(C)=N/OC)CCC34)C2(C)CC1. The first kappa shape index (κ1) is 24.0. The highest BCUT2D eigenvalue weighted by Crippen LogP contribution is 2.67. The number of nitrogens with zero attached hydrogens (tertiary/aromatic N) is 2. The maximum Gasteiger partial charge on any atom is 0.184 e. The lowest BCUT2D eigenvalue weighted by molar-refractivity contribution is -0.114. The van der Waals surface area contributed by atoms with E-state index in [4.69, 9.17) is 14.1 Å². The third-order valence-corrected chi connectivity index (χ3v) is 10.3. The van der Waals surface area contributed by atoms with Gasteiger partial charge in [-0.3, -0.25) is 0 Å². The second kappa shape index (κ2) is 8.57. The zero-order valence-corrected chi connectivity index (χ0v) is 22.5. The summed E-state index contributed by atoms with van der Waals surface area (Å²) in [6.07, 6.45) is 11.0. The van der Waals surface area contributed by atoms with Gasteiger partial charge in [-0.25, -0.2) is 0 Å². The second-order valence-corrected chi connectivity index (χ2v) is 16.7. The first-order valence-corrected chi connectivity index (χ1v) is 16.0. The van der Waals surface area contributed by atoms with Crippen LogP contribution in [0.5, 0.6) is 0 Å². The monoisotopic (exact) mass is 460 g/mol. The zero-order chi connectivity index (χ0) is 23.3. The quantitative estimate of drug-likeness (QED) is 0.270. The van der Waals surface area contributed by atoms with Crippen LogP contribution in [0.15, 0.2) is 22.0 Å². The molecule has 7 unspecified atom stereocenters. The van der Waals surface area contributed by atoms with Crippen molar-refractivity contribution in [3.63, 3.8) is 0 Å². The molecule has 6 heteroatoms. The minimum Gasteiger partial charge on any atom is -0.414 e. The van der Waals surface area contributed by atoms with Crippen LogP contribution in [-0.4, -0.2) is 40.1 Å². The van der Waals surface area contributed by atoms with Gasteiger partial charge < -0.3 is 14.1 Å². The van der Waals surface area contributed by atoms with Crippen molar-refractivity contribution in [1.82, 2.24) is 0 Å². The molecule has 180 valence electrons. The molecule has 0 heterocycles. The van der Waals surface area contributed by atoms with E-state index in [1.807, 2.05) is 0 Å². The summed E-state index contributed by atoms with van der Waals surface area (Å²) in [5.74, 6) is 2.56. The summed E-state index contributed by atoms with van der Waals surface area (Å²) in [6, 6.07) is 0. The molecule has 5 nitrogen and oxygen atoms in total. The van der Waals surface area contributed by atoms with Gasteiger partial charge in [0.2, 0.25) is 0 Å². The minimum atomic E-state index is -1.70. The van der Waals surface area contributed by atoms with Gasteiger partial charge in [-0.15, -0.1) is 0 Å². The van der Waals surface area contributed by atoms with Crippen LogP contribution >= 0.6 is 0 Å². The highest BCUT2D eigenvalue weighted by molar-refractivity contribution is 6.69. The van der Waals surface area contributed by atoms with Gasteiger partial charge >= 0.3 is 0 Å². The van der Waals surface area contributed by atoms with Crippen LogP contribution in [0.3, 0.4) is 0 Å². The molecule has 0 saturated heterocycles. The Morgan fingerprint density at radius 1 is 1.06 bits per heavy atom. The van der Waals surface area contributed by atoms with Crippen LogP contribution in [0, 0.1) is 34.5 Å². The topological polar surface area (TPSA) is 52.4 Å². The van der Waals surface area contributed by atoms with Crippen LogP contribution in [0.2, 0.25) is 19.6 Å². The van der Waals surface area contributed by atoms with Crippen molar-refractivity contribution >= 4 is 19.7 Å². The molecule has 0 radical (unpaired) electrons. The van der Waals surface area contributed by atoms with E-state index < -0.39 is 8.32 Å². The second-order valence-electron chi connectivity index (χ2n) is 12.2. The average molecular weight is 461 g/mol. The predicted octanol–water partition coefficient (Wildman–Crippen LogP) is 6.42. The number of oxime groups is 2. The van der Waals surface area contributed by atoms with Crippen molar-refractivity contribution in [3.8, 4) is 0 Å². The van der Waals surface area contributed by atoms with E-state index in [0.717, 1.165) is 36.8 Å². The van der Waals surface area contributed by atoms with Crippen molar-refractivity contribution in [2.24, 2.45) is 44.8 Å². The summed E-state index contributed by atoms with van der Waals surface area (Å²) < 4.78 is 7.08. The van der Waals surface area contributed by atoms with Gasteiger partial charge in [0.25, 0.3) is 0 Å². The van der Waals surface area contributed by atoms with E-state index in [1.54, 1.807) is 19.8 Å². The maximum absolute atomic E-state index is 7.08. The van der Waals surface area contributed by atoms with Crippen LogP contribution in [0.4, 0.5) is 0 Å². The fourth-order valence-corrected chi connectivity index (χ4v) is 9.45. The van der Waals surface area contributed by atoms with Gasteiger partial charge in [0, 0.05) is 12.0 Å². The molecule has 0 amide bonds. The summed E-state index contributed by atoms with van der Waals surface area (Å²) >= 11 is 0. The minimum absolute atomic E-state index is 0.203. The third kappa shape index (κ3) is 4.00. The van der Waals surface area contributed by atoms with Crippen molar-refractivity contribution in [2.45, 2.75) is 91.5 Å². The van der Waals surface area contributed by atoms with E-state index >= 15 is 0 Å². The molecule has 0 bridgehead atoms. The van der Waals surface area contributed by atoms with Crippen LogP contribution in [-0.2, 0) is 14.1 Å². The fourth-order valence-electron chi connectivity index (χ4n) is 8.31. The molecule has 0 aromatic rings. The van der Waals surface area contributed by atoms with Crippen LogP contribution in [0.25, 0.3) is 0 Å². The van der Waals surface area contributed by atoms with Gasteiger partial charge in [0.05, 0.1) is 11.4 Å². The number of hydrogen-bond acceptors (Lipinski definition) is 5. The molecule has 0 spiro atoms. The summed E-state index contributed by atoms with van der Waals surface area (Å²) in [5.41, 5.74) is 4.31. The molecule has 4 rings (SSSR count). The molecular weight excluding hydrogens is 416 g/mol. The Kier molecular flexibility index (Phi) is 6.43. The lowest BCUT2D eigenvalue weighted by Crippen LogP contribution is -2.59. The van der Waals surface area contributed by atoms with Crippen molar-refractivity contribution in [3.05, 3.63) is 11.6 Å². The molecule has 4 aliphatic carbocycles. The predicted molar refractivity (Wildman–Crippen MR) is 133 cm³/mol. The fraction of sp³-hybridized carbons (Fsp3) is 0.846. The zero-order valence-electron chi connectivity index (χ0n) is 21.5. The molecule has 0 aromatic carbocycles. The van der Waals surface area contributed by atoms with Gasteiger partial charge in [-0.2, -0.15) is 0 Å². The number of allylic oxidation sites excluding steroid dienone is 2. The van der Waals surface area contributed by atoms with E-state index in [1.165, 1.54) is 31.4 Å². The highest BCUT2D eigenvalue weighted by Gasteiger charge is 2.63. The van der Waals surface area contributed by atoms with Gasteiger partial charge in [-0.05, 0) is 106 Å². The Morgan fingerprint density at radius 3 is 2.47 bits per heavy atom. The van der Waals surface area contributed by atoms with Crippen molar-refractivity contribution in [2.75, 3.05) is 14.2 Å². The highest BCUT2D eigenvalue weighted by atomic mass is 28.4. The Labute approximate surface area is 196 Å². The molecular formula is C26H44N2O3Si. The van der Waals surface area contributed by atoms with E-state index in [9.17, 15) is 0 Å². The molecule has 0 N–H and O–H groups in total. The summed E-state index contributed by atoms with van der Waals surface area (Å²) in [4.78, 5) is 10.3. The summed E-state index contributed by atoms with van der Waals surface area (Å²) in [7, 11) is 1.63. The Bertz CT molecular complexity index is 816. The molecule has 0 aliphatic heterocycles. The Morgan fingerprint density at radius 2 is 1.81 bits per heavy atom. The molecule has 32 heavy (non-hydrogen) atoms. The first-order chi connectivity index (χ1) is 15.0. The molecule has 4 aliphatic rings. The molecule has 3 saturated carbocycles. The van der Waals surface area contributed by atoms with Crippen molar-refractivity contribution < 1.29 is 14.1 Å². The molecule has 3 fully saturated rings. The largest absolute Gasteiger partial charge is 0.414 e. The third-order valence-electron chi connectivity index (χ3n) is 9.34. The first-order valence-electron chi connectivity index (χ1n) is 12.6. The standard InChI is InChI=1S/C26H44N2O3Si/c1-17(27-29-4)21-11-12-22-20-10-9-18-15-19(28-30-5)13-14-25(18,2)24(20)23(16-26(21,22)3)31-32(6,7)8/h15,20-24H,9-14,16H2,1-8H3/b27-17+,28-19+. The molecule has 0 aromatic heterocycles. The normalized spacial score (nSPS) is 43.2. The number of hydrogen-bond donors (Lipinski definition) is 0. The van der Waals surface area contributed by atoms with Crippen molar-refractivity contribution in [1.29, 1.82) is 0 Å². The lowest BCUT2D eigenvalue weighted by atomic mass is 9.46. The molecule has 7 atom stereocenters. The van der Waals surface area contributed by atoms with E-state index in [2.05, 4.69) is 56.8 Å². The van der Waals surface area contributed by atoms with E-state index in [0.29, 0.717) is 17.9 Å². The summed E-state index contributed by atoms with van der Waals surface area (Å²) in [6.45, 7) is 14.3. The van der Waals surface area contributed by atoms with Gasteiger partial charge in [-0.1, -0.05) is 29.7 Å². The Hall–Kier alpha value is -1.14. The van der Waals surface area contributed by atoms with Crippen LogP contribution < -0.4 is 0 Å². The van der Waals surface area contributed by atoms with Gasteiger partial charge in [0.1, 0.15) is 14.2 Å². The number of fused-ring (bicyclic) bond motifs is 5. The smallest absolute Gasteiger partial charge is 0.184 e. The average Bonchev–Trinajstić information content (AvgIpc) is 3.04. The number of rotatable bonds is 5. The van der Waals surface area contributed by atoms with E-state index in [-0.39, 0.29) is 10.8 Å². The lowest BCUT2D eigenvalue weighted by Gasteiger charge is -2.61.